The summed E-state index contributed by atoms with van der Waals surface area (Å²) in [6.07, 6.45) is 2.73. The van der Waals surface area contributed by atoms with E-state index in [-0.39, 0.29) is 12.1 Å². The van der Waals surface area contributed by atoms with Crippen LogP contribution in [0.1, 0.15) is 42.6 Å². The van der Waals surface area contributed by atoms with Crippen molar-refractivity contribution in [1.29, 1.82) is 0 Å². The molecule has 0 saturated carbocycles. The van der Waals surface area contributed by atoms with Crippen molar-refractivity contribution in [2.75, 3.05) is 13.2 Å². The molecule has 4 rings (SSSR count). The second-order valence-electron chi connectivity index (χ2n) is 7.47. The summed E-state index contributed by atoms with van der Waals surface area (Å²) in [5, 5.41) is 11.5. The van der Waals surface area contributed by atoms with Crippen molar-refractivity contribution in [3.8, 4) is 5.75 Å². The Hall–Kier alpha value is -2.50. The van der Waals surface area contributed by atoms with Crippen LogP contribution >= 0.6 is 11.6 Å². The van der Waals surface area contributed by atoms with Crippen molar-refractivity contribution >= 4 is 28.9 Å². The number of benzene rings is 2. The molecule has 0 fully saturated rings. The van der Waals surface area contributed by atoms with Crippen molar-refractivity contribution in [1.82, 2.24) is 9.88 Å². The van der Waals surface area contributed by atoms with E-state index >= 15 is 0 Å². The van der Waals surface area contributed by atoms with Crippen molar-refractivity contribution in [2.24, 2.45) is 0 Å². The molecule has 2 heterocycles. The van der Waals surface area contributed by atoms with Crippen LogP contribution in [0, 0.1) is 0 Å². The van der Waals surface area contributed by atoms with Crippen LogP contribution in [-0.2, 0) is 11.2 Å². The zero-order valence-corrected chi connectivity index (χ0v) is 17.2. The second kappa shape index (κ2) is 8.47. The van der Waals surface area contributed by atoms with Gasteiger partial charge in [-0.2, -0.15) is 0 Å². The summed E-state index contributed by atoms with van der Waals surface area (Å²) in [7, 11) is 0. The van der Waals surface area contributed by atoms with Crippen molar-refractivity contribution in [2.45, 2.75) is 38.3 Å². The number of H-pyrrole nitrogens is 1. The summed E-state index contributed by atoms with van der Waals surface area (Å²) >= 11 is 6.21. The Morgan fingerprint density at radius 1 is 1.31 bits per heavy atom. The number of hydrogen-bond acceptors (Lipinski definition) is 3. The number of aliphatic hydroxyl groups is 1. The van der Waals surface area contributed by atoms with E-state index in [4.69, 9.17) is 16.3 Å². The van der Waals surface area contributed by atoms with Crippen LogP contribution < -0.4 is 4.74 Å². The summed E-state index contributed by atoms with van der Waals surface area (Å²) in [5.41, 5.74) is 4.32. The first-order valence-corrected chi connectivity index (χ1v) is 10.4. The largest absolute Gasteiger partial charge is 0.493 e. The van der Waals surface area contributed by atoms with E-state index in [0.29, 0.717) is 24.6 Å². The van der Waals surface area contributed by atoms with Crippen LogP contribution in [0.25, 0.3) is 10.9 Å². The molecule has 1 amide bonds. The van der Waals surface area contributed by atoms with Gasteiger partial charge in [0.25, 0.3) is 0 Å². The van der Waals surface area contributed by atoms with E-state index < -0.39 is 0 Å². The van der Waals surface area contributed by atoms with E-state index in [1.165, 1.54) is 5.56 Å². The van der Waals surface area contributed by atoms with E-state index in [0.717, 1.165) is 47.2 Å². The minimum Gasteiger partial charge on any atom is -0.493 e. The minimum atomic E-state index is -0.327. The van der Waals surface area contributed by atoms with Gasteiger partial charge in [0.05, 0.1) is 18.8 Å². The number of hydrogen-bond donors (Lipinski definition) is 2. The first-order chi connectivity index (χ1) is 14.1. The summed E-state index contributed by atoms with van der Waals surface area (Å²) in [4.78, 5) is 17.1. The Kier molecular flexibility index (Phi) is 5.79. The van der Waals surface area contributed by atoms with Gasteiger partial charge in [0.15, 0.2) is 0 Å². The van der Waals surface area contributed by atoms with Crippen molar-refractivity contribution < 1.29 is 14.6 Å². The molecule has 1 aromatic heterocycles. The number of fused-ring (bicyclic) bond motifs is 3. The highest BCUT2D eigenvalue weighted by Gasteiger charge is 2.31. The van der Waals surface area contributed by atoms with Gasteiger partial charge in [0.1, 0.15) is 5.75 Å². The van der Waals surface area contributed by atoms with Crippen LogP contribution in [0.15, 0.2) is 42.5 Å². The quantitative estimate of drug-likeness (QED) is 0.563. The number of aromatic nitrogens is 1. The lowest BCUT2D eigenvalue weighted by Crippen LogP contribution is -2.34. The number of ether oxygens (including phenoxy) is 1. The van der Waals surface area contributed by atoms with Gasteiger partial charge in [-0.1, -0.05) is 30.7 Å². The number of carbonyl (C=O) groups excluding carboxylic acids is 1. The molecule has 152 valence electrons. The Bertz CT molecular complexity index is 999. The molecule has 0 radical (unpaired) electrons. The summed E-state index contributed by atoms with van der Waals surface area (Å²) < 4.78 is 5.74. The zero-order valence-electron chi connectivity index (χ0n) is 16.4. The van der Waals surface area contributed by atoms with E-state index in [9.17, 15) is 9.90 Å². The van der Waals surface area contributed by atoms with Crippen LogP contribution in [0.3, 0.4) is 0 Å². The number of rotatable bonds is 7. The van der Waals surface area contributed by atoms with E-state index in [1.54, 1.807) is 0 Å². The lowest BCUT2D eigenvalue weighted by Gasteiger charge is -2.33. The average molecular weight is 413 g/mol. The molecule has 2 unspecified atom stereocenters. The molecule has 3 aromatic rings. The van der Waals surface area contributed by atoms with Gasteiger partial charge in [-0.15, -0.1) is 0 Å². The van der Waals surface area contributed by atoms with Crippen LogP contribution in [0.2, 0.25) is 5.02 Å². The average Bonchev–Trinajstić information content (AvgIpc) is 3.11. The van der Waals surface area contributed by atoms with Gasteiger partial charge in [-0.3, -0.25) is 4.79 Å². The number of amides is 1. The first-order valence-electron chi connectivity index (χ1n) is 10.0. The summed E-state index contributed by atoms with van der Waals surface area (Å²) in [6, 6.07) is 13.5. The monoisotopic (exact) mass is 412 g/mol. The fraction of sp³-hybridized carbons (Fsp3) is 0.348. The van der Waals surface area contributed by atoms with Crippen molar-refractivity contribution in [3.05, 3.63) is 64.3 Å². The Labute approximate surface area is 175 Å². The molecule has 2 aromatic carbocycles. The number of carbonyl (C=O) groups is 1. The highest BCUT2D eigenvalue weighted by atomic mass is 35.5. The standard InChI is InChI=1S/C23H25ClN2O3/c1-2-17(28)10-12-29-18-6-3-15(4-7-18)23-22-19(9-11-26(23)14-27)20-13-16(24)5-8-21(20)25-22/h3-8,13-14,17,23,25,28H,2,9-12H2,1H3. The molecule has 2 N–H and O–H groups in total. The smallest absolute Gasteiger partial charge is 0.210 e. The maximum absolute atomic E-state index is 11.8. The molecule has 0 saturated heterocycles. The third-order valence-corrected chi connectivity index (χ3v) is 5.88. The number of nitrogens with zero attached hydrogens (tertiary/aromatic N) is 1. The van der Waals surface area contributed by atoms with E-state index in [1.807, 2.05) is 54.3 Å². The van der Waals surface area contributed by atoms with Crippen LogP contribution in [0.5, 0.6) is 5.75 Å². The summed E-state index contributed by atoms with van der Waals surface area (Å²) in [5.74, 6) is 0.758. The van der Waals surface area contributed by atoms with Gasteiger partial charge in [0.2, 0.25) is 6.41 Å². The topological polar surface area (TPSA) is 65.6 Å². The number of halogens is 1. The number of nitrogens with one attached hydrogen (secondary N) is 1. The summed E-state index contributed by atoms with van der Waals surface area (Å²) in [6.45, 7) is 3.09. The van der Waals surface area contributed by atoms with Gasteiger partial charge in [-0.05, 0) is 54.3 Å². The third kappa shape index (κ3) is 3.98. The molecule has 0 spiro atoms. The Balaban J connectivity index is 1.61. The fourth-order valence-corrected chi connectivity index (χ4v) is 4.19. The Morgan fingerprint density at radius 2 is 2.10 bits per heavy atom. The van der Waals surface area contributed by atoms with Gasteiger partial charge in [-0.25, -0.2) is 0 Å². The van der Waals surface area contributed by atoms with Gasteiger partial charge < -0.3 is 19.7 Å². The van der Waals surface area contributed by atoms with Crippen LogP contribution in [0.4, 0.5) is 0 Å². The zero-order chi connectivity index (χ0) is 20.4. The van der Waals surface area contributed by atoms with E-state index in [2.05, 4.69) is 4.98 Å². The molecule has 5 nitrogen and oxygen atoms in total. The molecule has 29 heavy (non-hydrogen) atoms. The highest BCUT2D eigenvalue weighted by molar-refractivity contribution is 6.31. The SMILES string of the molecule is CCC(O)CCOc1ccc(C2c3[nH]c4ccc(Cl)cc4c3CCN2C=O)cc1. The molecule has 2 atom stereocenters. The predicted molar refractivity (Wildman–Crippen MR) is 114 cm³/mol. The normalized spacial score (nSPS) is 17.2. The third-order valence-electron chi connectivity index (χ3n) is 5.65. The number of aromatic amines is 1. The maximum atomic E-state index is 11.8. The predicted octanol–water partition coefficient (Wildman–Crippen LogP) is 4.47. The molecule has 0 aliphatic carbocycles. The maximum Gasteiger partial charge on any atom is 0.210 e. The van der Waals surface area contributed by atoms with Crippen molar-refractivity contribution in [3.63, 3.8) is 0 Å². The Morgan fingerprint density at radius 3 is 2.83 bits per heavy atom. The van der Waals surface area contributed by atoms with Gasteiger partial charge >= 0.3 is 0 Å². The second-order valence-corrected chi connectivity index (χ2v) is 7.91. The molecule has 6 heteroatoms. The molecular formula is C23H25ClN2O3. The first kappa shape index (κ1) is 19.8. The molecule has 1 aliphatic heterocycles. The number of aliphatic hydroxyl groups excluding tert-OH is 1. The highest BCUT2D eigenvalue weighted by Crippen LogP contribution is 2.38. The minimum absolute atomic E-state index is 0.168. The molecule has 0 bridgehead atoms. The lowest BCUT2D eigenvalue weighted by molar-refractivity contribution is -0.120. The molecule has 1 aliphatic rings. The van der Waals surface area contributed by atoms with Crippen LogP contribution in [-0.4, -0.2) is 40.7 Å². The van der Waals surface area contributed by atoms with Gasteiger partial charge in [0, 0.05) is 34.6 Å². The molecular weight excluding hydrogens is 388 g/mol. The lowest BCUT2D eigenvalue weighted by atomic mass is 9.93. The fourth-order valence-electron chi connectivity index (χ4n) is 4.01.